The zero-order chi connectivity index (χ0) is 16.3. The molecule has 1 aromatic heterocycles. The molecule has 0 saturated carbocycles. The van der Waals surface area contributed by atoms with Gasteiger partial charge in [-0.1, -0.05) is 0 Å². The van der Waals surface area contributed by atoms with Gasteiger partial charge < -0.3 is 15.6 Å². The summed E-state index contributed by atoms with van der Waals surface area (Å²) in [5.41, 5.74) is 5.05. The minimum absolute atomic E-state index is 0.0361. The normalized spacial score (nSPS) is 10.2. The van der Waals surface area contributed by atoms with Gasteiger partial charge in [-0.15, -0.1) is 0 Å². The quantitative estimate of drug-likeness (QED) is 0.753. The van der Waals surface area contributed by atoms with Gasteiger partial charge in [0.1, 0.15) is 18.1 Å². The number of anilines is 1. The number of nitrogen functional groups attached to an aromatic ring is 1. The Balaban J connectivity index is 2.43. The van der Waals surface area contributed by atoms with Gasteiger partial charge in [0.15, 0.2) is 5.78 Å². The molecule has 8 nitrogen and oxygen atoms in total. The summed E-state index contributed by atoms with van der Waals surface area (Å²) in [6.45, 7) is -0.602. The molecule has 0 spiro atoms. The van der Waals surface area contributed by atoms with E-state index in [9.17, 15) is 14.4 Å². The Kier molecular flexibility index (Phi) is 4.21. The van der Waals surface area contributed by atoms with Crippen LogP contribution in [0.3, 0.4) is 0 Å². The Morgan fingerprint density at radius 2 is 1.95 bits per heavy atom. The zero-order valence-corrected chi connectivity index (χ0v) is 11.6. The highest BCUT2D eigenvalue weighted by atomic mass is 16.5. The van der Waals surface area contributed by atoms with Crippen LogP contribution in [0.15, 0.2) is 35.3 Å². The van der Waals surface area contributed by atoms with Crippen LogP contribution in [0.5, 0.6) is 5.75 Å². The molecule has 0 aliphatic rings. The molecule has 114 valence electrons. The molecule has 0 aliphatic carbocycles. The summed E-state index contributed by atoms with van der Waals surface area (Å²) in [5.74, 6) is -1.35. The van der Waals surface area contributed by atoms with Crippen molar-refractivity contribution in [2.45, 2.75) is 6.54 Å². The molecular formula is C14H13N3O5. The van der Waals surface area contributed by atoms with Crippen LogP contribution in [0.1, 0.15) is 15.9 Å². The van der Waals surface area contributed by atoms with Crippen molar-refractivity contribution in [2.75, 3.05) is 12.8 Å². The van der Waals surface area contributed by atoms with Crippen LogP contribution in [0.25, 0.3) is 0 Å². The van der Waals surface area contributed by atoms with E-state index >= 15 is 0 Å². The van der Waals surface area contributed by atoms with Gasteiger partial charge in [-0.3, -0.25) is 14.2 Å². The fourth-order valence-corrected chi connectivity index (χ4v) is 1.84. The first-order valence-corrected chi connectivity index (χ1v) is 6.20. The number of carboxylic acid groups (broad SMARTS) is 1. The number of carboxylic acids is 1. The van der Waals surface area contributed by atoms with Gasteiger partial charge in [-0.25, -0.2) is 4.79 Å². The van der Waals surface area contributed by atoms with Gasteiger partial charge in [0, 0.05) is 11.8 Å². The van der Waals surface area contributed by atoms with Gasteiger partial charge in [0.2, 0.25) is 0 Å². The predicted octanol–water partition coefficient (Wildman–Crippen LogP) is 0.150. The number of aliphatic carboxylic acids is 1. The first-order chi connectivity index (χ1) is 10.4. The second-order valence-corrected chi connectivity index (χ2v) is 4.40. The first-order valence-electron chi connectivity index (χ1n) is 6.20. The van der Waals surface area contributed by atoms with Gasteiger partial charge in [-0.05, 0) is 24.3 Å². The Labute approximate surface area is 124 Å². The van der Waals surface area contributed by atoms with E-state index in [4.69, 9.17) is 15.6 Å². The number of hydrogen-bond acceptors (Lipinski definition) is 6. The number of ether oxygens (including phenoxy) is 1. The molecule has 0 fully saturated rings. The van der Waals surface area contributed by atoms with Crippen molar-refractivity contribution in [1.82, 2.24) is 9.55 Å². The molecule has 3 N–H and O–H groups in total. The van der Waals surface area contributed by atoms with Crippen LogP contribution in [0.4, 0.5) is 5.82 Å². The number of carbonyl (C=O) groups excluding carboxylic acids is 1. The maximum atomic E-state index is 12.4. The van der Waals surface area contributed by atoms with Crippen LogP contribution >= 0.6 is 0 Å². The van der Waals surface area contributed by atoms with Crippen LogP contribution in [0, 0.1) is 0 Å². The average Bonchev–Trinajstić information content (AvgIpc) is 2.49. The standard InChI is InChI=1S/C14H13N3O5/c1-22-9-4-2-8(3-5-9)12(20)10-6-17(7-11(18)19)14(21)16-13(10)15/h2-6H,7H2,1H3,(H,18,19)(H2,15,16,21). The summed E-state index contributed by atoms with van der Waals surface area (Å²) in [6.07, 6.45) is 1.10. The summed E-state index contributed by atoms with van der Waals surface area (Å²) in [7, 11) is 1.50. The van der Waals surface area contributed by atoms with Crippen molar-refractivity contribution in [3.8, 4) is 5.75 Å². The van der Waals surface area contributed by atoms with E-state index in [0.29, 0.717) is 11.3 Å². The summed E-state index contributed by atoms with van der Waals surface area (Å²) in [6, 6.07) is 6.27. The van der Waals surface area contributed by atoms with Crippen LogP contribution in [-0.4, -0.2) is 33.5 Å². The Hall–Kier alpha value is -3.16. The van der Waals surface area contributed by atoms with E-state index in [0.717, 1.165) is 10.8 Å². The van der Waals surface area contributed by atoms with Crippen molar-refractivity contribution in [3.05, 3.63) is 52.1 Å². The third kappa shape index (κ3) is 3.11. The second kappa shape index (κ2) is 6.08. The predicted molar refractivity (Wildman–Crippen MR) is 77.0 cm³/mol. The Morgan fingerprint density at radius 3 is 2.50 bits per heavy atom. The lowest BCUT2D eigenvalue weighted by molar-refractivity contribution is -0.137. The number of nitrogens with zero attached hydrogens (tertiary/aromatic N) is 2. The lowest BCUT2D eigenvalue weighted by Gasteiger charge is -2.08. The molecular weight excluding hydrogens is 290 g/mol. The Bertz CT molecular complexity index is 780. The largest absolute Gasteiger partial charge is 0.497 e. The van der Waals surface area contributed by atoms with Crippen molar-refractivity contribution in [3.63, 3.8) is 0 Å². The number of carbonyl (C=O) groups is 2. The molecule has 22 heavy (non-hydrogen) atoms. The van der Waals surface area contributed by atoms with E-state index < -0.39 is 24.0 Å². The molecule has 0 atom stereocenters. The van der Waals surface area contributed by atoms with E-state index in [1.165, 1.54) is 19.2 Å². The fourth-order valence-electron chi connectivity index (χ4n) is 1.84. The maximum absolute atomic E-state index is 12.4. The molecule has 1 heterocycles. The van der Waals surface area contributed by atoms with Gasteiger partial charge in [0.25, 0.3) is 0 Å². The molecule has 0 unspecified atom stereocenters. The second-order valence-electron chi connectivity index (χ2n) is 4.40. The minimum Gasteiger partial charge on any atom is -0.497 e. The van der Waals surface area contributed by atoms with E-state index in [1.54, 1.807) is 12.1 Å². The summed E-state index contributed by atoms with van der Waals surface area (Å²) in [5, 5.41) is 8.75. The summed E-state index contributed by atoms with van der Waals surface area (Å²) in [4.78, 5) is 38.1. The van der Waals surface area contributed by atoms with Crippen LogP contribution in [-0.2, 0) is 11.3 Å². The third-order valence-corrected chi connectivity index (χ3v) is 2.93. The number of aromatic nitrogens is 2. The lowest BCUT2D eigenvalue weighted by Crippen LogP contribution is -2.28. The van der Waals surface area contributed by atoms with Crippen molar-refractivity contribution < 1.29 is 19.4 Å². The number of benzene rings is 1. The van der Waals surface area contributed by atoms with E-state index in [2.05, 4.69) is 4.98 Å². The van der Waals surface area contributed by atoms with E-state index in [-0.39, 0.29) is 11.4 Å². The summed E-state index contributed by atoms with van der Waals surface area (Å²) < 4.78 is 5.81. The molecule has 0 bridgehead atoms. The molecule has 2 aromatic rings. The Morgan fingerprint density at radius 1 is 1.32 bits per heavy atom. The monoisotopic (exact) mass is 303 g/mol. The third-order valence-electron chi connectivity index (χ3n) is 2.93. The maximum Gasteiger partial charge on any atom is 0.350 e. The molecule has 1 aromatic carbocycles. The zero-order valence-electron chi connectivity index (χ0n) is 11.6. The molecule has 0 radical (unpaired) electrons. The average molecular weight is 303 g/mol. The molecule has 8 heteroatoms. The number of rotatable bonds is 5. The highest BCUT2D eigenvalue weighted by Crippen LogP contribution is 2.16. The number of nitrogens with two attached hydrogens (primary N) is 1. The van der Waals surface area contributed by atoms with Crippen LogP contribution < -0.4 is 16.2 Å². The molecule has 0 saturated heterocycles. The number of methoxy groups -OCH3 is 1. The van der Waals surface area contributed by atoms with Gasteiger partial charge >= 0.3 is 11.7 Å². The summed E-state index contributed by atoms with van der Waals surface area (Å²) >= 11 is 0. The topological polar surface area (TPSA) is 125 Å². The molecule has 2 rings (SSSR count). The number of ketones is 1. The molecule has 0 aliphatic heterocycles. The smallest absolute Gasteiger partial charge is 0.350 e. The van der Waals surface area contributed by atoms with Gasteiger partial charge in [0.05, 0.1) is 12.7 Å². The number of hydrogen-bond donors (Lipinski definition) is 2. The fraction of sp³-hybridized carbons (Fsp3) is 0.143. The highest BCUT2D eigenvalue weighted by molar-refractivity contribution is 6.11. The van der Waals surface area contributed by atoms with Gasteiger partial charge in [-0.2, -0.15) is 4.98 Å². The van der Waals surface area contributed by atoms with E-state index in [1.807, 2.05) is 0 Å². The van der Waals surface area contributed by atoms with Crippen molar-refractivity contribution in [1.29, 1.82) is 0 Å². The van der Waals surface area contributed by atoms with Crippen LogP contribution in [0.2, 0.25) is 0 Å². The van der Waals surface area contributed by atoms with Crippen molar-refractivity contribution in [2.24, 2.45) is 0 Å². The molecule has 0 amide bonds. The highest BCUT2D eigenvalue weighted by Gasteiger charge is 2.16. The lowest BCUT2D eigenvalue weighted by atomic mass is 10.1. The van der Waals surface area contributed by atoms with Crippen molar-refractivity contribution >= 4 is 17.6 Å². The SMILES string of the molecule is COc1ccc(C(=O)c2cn(CC(=O)O)c(=O)nc2N)cc1. The minimum atomic E-state index is -1.23. The first kappa shape index (κ1) is 15.2.